The van der Waals surface area contributed by atoms with Crippen LogP contribution in [-0.4, -0.2) is 57.5 Å². The highest BCUT2D eigenvalue weighted by atomic mass is 31.2. The molecule has 0 spiro atoms. The number of imidazole rings is 1. The first-order valence-electron chi connectivity index (χ1n) is 11.7. The van der Waals surface area contributed by atoms with Gasteiger partial charge in [0.15, 0.2) is 17.0 Å². The Morgan fingerprint density at radius 3 is 2.11 bits per heavy atom. The minimum atomic E-state index is -4.19. The largest absolute Gasteiger partial charge is 0.438 e. The number of anilines is 1. The Morgan fingerprint density at radius 2 is 1.61 bits per heavy atom. The molecule has 2 aromatic rings. The lowest BCUT2D eigenvalue weighted by molar-refractivity contribution is -0.162. The summed E-state index contributed by atoms with van der Waals surface area (Å²) < 4.78 is 55.6. The Bertz CT molecular complexity index is 1170. The number of fused-ring (bicyclic) bond motifs is 1. The maximum absolute atomic E-state index is 15.1. The van der Waals surface area contributed by atoms with Crippen LogP contribution in [0.3, 0.4) is 0 Å². The van der Waals surface area contributed by atoms with E-state index in [-0.39, 0.29) is 17.9 Å². The Balaban J connectivity index is 2.13. The molecular formula is C23H35FN5O8P. The van der Waals surface area contributed by atoms with Gasteiger partial charge in [-0.3, -0.25) is 27.8 Å². The van der Waals surface area contributed by atoms with Crippen molar-refractivity contribution in [3.63, 3.8) is 0 Å². The zero-order valence-electron chi connectivity index (χ0n) is 22.6. The Morgan fingerprint density at radius 1 is 1.05 bits per heavy atom. The van der Waals surface area contributed by atoms with Gasteiger partial charge >= 0.3 is 19.5 Å². The van der Waals surface area contributed by atoms with Gasteiger partial charge < -0.3 is 19.9 Å². The zero-order valence-corrected chi connectivity index (χ0v) is 23.5. The van der Waals surface area contributed by atoms with Crippen LogP contribution in [0.4, 0.5) is 10.2 Å². The maximum Gasteiger partial charge on any atom is 0.361 e. The van der Waals surface area contributed by atoms with Crippen molar-refractivity contribution in [2.24, 2.45) is 10.8 Å². The number of aromatic nitrogens is 4. The van der Waals surface area contributed by atoms with Crippen LogP contribution in [0.1, 0.15) is 54.9 Å². The third-order valence-electron chi connectivity index (χ3n) is 4.87. The Kier molecular flexibility index (Phi) is 10.5. The average molecular weight is 560 g/mol. The molecule has 2 rings (SSSR count). The van der Waals surface area contributed by atoms with Crippen molar-refractivity contribution in [3.8, 4) is 0 Å². The number of nitrogens with two attached hydrogens (primary N) is 1. The number of hydrogen-bond donors (Lipinski definition) is 1. The van der Waals surface area contributed by atoms with E-state index < -0.39 is 62.2 Å². The molecule has 15 heteroatoms. The standard InChI is InChI=1S/C23H35FN5O8P/c1-8-16(15(24)9-29-11-28-17-18(25)26-10-27-19(17)29)35-14-38(32,36-12-33-20(30)22(2,3)4)37-13-34-21(31)23(5,6)7/h9-11,16H,8,12-14H2,1-7H3,(H2,25,26,27)/b15-9+. The lowest BCUT2D eigenvalue weighted by Crippen LogP contribution is -2.25. The van der Waals surface area contributed by atoms with Gasteiger partial charge in [-0.05, 0) is 48.0 Å². The summed E-state index contributed by atoms with van der Waals surface area (Å²) in [4.78, 5) is 36.0. The lowest BCUT2D eigenvalue weighted by Gasteiger charge is -2.23. The first kappa shape index (κ1) is 31.3. The van der Waals surface area contributed by atoms with E-state index in [0.29, 0.717) is 5.52 Å². The fraction of sp³-hybridized carbons (Fsp3) is 0.609. The normalized spacial score (nSPS) is 13.9. The summed E-state index contributed by atoms with van der Waals surface area (Å²) in [5, 5.41) is 0. The molecule has 0 fully saturated rings. The van der Waals surface area contributed by atoms with Crippen LogP contribution in [0.15, 0.2) is 18.5 Å². The van der Waals surface area contributed by atoms with Crippen LogP contribution in [-0.2, 0) is 37.4 Å². The monoisotopic (exact) mass is 559 g/mol. The number of halogens is 1. The van der Waals surface area contributed by atoms with Crippen molar-refractivity contribution < 1.29 is 41.8 Å². The number of carbonyl (C=O) groups excluding carboxylic acids is 2. The number of hydrogen-bond acceptors (Lipinski definition) is 12. The van der Waals surface area contributed by atoms with Gasteiger partial charge in [0.05, 0.1) is 10.8 Å². The van der Waals surface area contributed by atoms with Crippen molar-refractivity contribution in [1.82, 2.24) is 19.5 Å². The van der Waals surface area contributed by atoms with Gasteiger partial charge in [0, 0.05) is 6.20 Å². The minimum Gasteiger partial charge on any atom is -0.438 e. The van der Waals surface area contributed by atoms with Gasteiger partial charge in [0.25, 0.3) is 0 Å². The van der Waals surface area contributed by atoms with Gasteiger partial charge in [-0.2, -0.15) is 0 Å². The molecule has 0 aliphatic heterocycles. The van der Waals surface area contributed by atoms with Gasteiger partial charge in [0.2, 0.25) is 13.6 Å². The number of nitrogens with zero attached hydrogens (tertiary/aromatic N) is 4. The highest BCUT2D eigenvalue weighted by molar-refractivity contribution is 7.53. The third kappa shape index (κ3) is 8.83. The zero-order chi connectivity index (χ0) is 28.7. The molecule has 0 saturated heterocycles. The van der Waals surface area contributed by atoms with E-state index in [0.717, 1.165) is 6.20 Å². The molecule has 0 aliphatic rings. The number of ether oxygens (including phenoxy) is 3. The molecule has 1 atom stereocenters. The molecule has 2 aromatic heterocycles. The van der Waals surface area contributed by atoms with Crippen LogP contribution in [0.5, 0.6) is 0 Å². The molecule has 13 nitrogen and oxygen atoms in total. The Labute approximate surface area is 220 Å². The second kappa shape index (κ2) is 12.7. The second-order valence-corrected chi connectivity index (χ2v) is 12.3. The van der Waals surface area contributed by atoms with Crippen molar-refractivity contribution >= 4 is 42.7 Å². The minimum absolute atomic E-state index is 0.139. The molecule has 0 radical (unpaired) electrons. The van der Waals surface area contributed by atoms with Gasteiger partial charge in [-0.1, -0.05) is 6.92 Å². The highest BCUT2D eigenvalue weighted by Crippen LogP contribution is 2.49. The number of rotatable bonds is 12. The number of nitrogen functional groups attached to an aromatic ring is 1. The average Bonchev–Trinajstić information content (AvgIpc) is 3.22. The summed E-state index contributed by atoms with van der Waals surface area (Å²) in [6.45, 7) is 9.99. The first-order chi connectivity index (χ1) is 17.6. The lowest BCUT2D eigenvalue weighted by atomic mass is 9.98. The van der Waals surface area contributed by atoms with Crippen LogP contribution < -0.4 is 5.73 Å². The molecule has 0 amide bonds. The molecule has 0 saturated carbocycles. The van der Waals surface area contributed by atoms with E-state index in [1.807, 2.05) is 0 Å². The van der Waals surface area contributed by atoms with Gasteiger partial charge in [-0.15, -0.1) is 0 Å². The summed E-state index contributed by atoms with van der Waals surface area (Å²) in [7, 11) is -4.19. The van der Waals surface area contributed by atoms with Crippen LogP contribution in [0.2, 0.25) is 0 Å². The fourth-order valence-corrected chi connectivity index (χ4v) is 3.63. The smallest absolute Gasteiger partial charge is 0.361 e. The Hall–Kier alpha value is -2.93. The summed E-state index contributed by atoms with van der Waals surface area (Å²) in [5.74, 6) is -1.82. The summed E-state index contributed by atoms with van der Waals surface area (Å²) in [5.41, 5.74) is 4.67. The second-order valence-electron chi connectivity index (χ2n) is 10.3. The van der Waals surface area contributed by atoms with E-state index in [1.54, 1.807) is 48.5 Å². The summed E-state index contributed by atoms with van der Waals surface area (Å²) >= 11 is 0. The third-order valence-corrected chi connectivity index (χ3v) is 6.33. The fourth-order valence-electron chi connectivity index (χ4n) is 2.62. The summed E-state index contributed by atoms with van der Waals surface area (Å²) in [6.07, 6.45) is 1.88. The predicted molar refractivity (Wildman–Crippen MR) is 136 cm³/mol. The maximum atomic E-state index is 15.1. The van der Waals surface area contributed by atoms with Crippen LogP contribution in [0, 0.1) is 10.8 Å². The molecule has 0 bridgehead atoms. The van der Waals surface area contributed by atoms with Crippen molar-refractivity contribution in [2.45, 2.75) is 61.0 Å². The SMILES string of the molecule is CCC(OCP(=O)(OCOC(=O)C(C)(C)C)OCOC(=O)C(C)(C)C)/C(F)=C\n1cnc2c(N)ncnc21. The molecule has 2 heterocycles. The molecule has 38 heavy (non-hydrogen) atoms. The van der Waals surface area contributed by atoms with Gasteiger partial charge in [0.1, 0.15) is 30.9 Å². The summed E-state index contributed by atoms with van der Waals surface area (Å²) in [6, 6.07) is 0. The molecule has 2 N–H and O–H groups in total. The quantitative estimate of drug-likeness (QED) is 0.223. The topological polar surface area (TPSA) is 167 Å². The van der Waals surface area contributed by atoms with Gasteiger partial charge in [-0.25, -0.2) is 19.3 Å². The first-order valence-corrected chi connectivity index (χ1v) is 13.4. The van der Waals surface area contributed by atoms with E-state index in [9.17, 15) is 14.2 Å². The molecular weight excluding hydrogens is 524 g/mol. The molecule has 0 aliphatic carbocycles. The molecule has 1 unspecified atom stereocenters. The van der Waals surface area contributed by atoms with E-state index in [1.165, 1.54) is 17.2 Å². The van der Waals surface area contributed by atoms with Crippen molar-refractivity contribution in [2.75, 3.05) is 25.7 Å². The number of carbonyl (C=O) groups is 2. The van der Waals surface area contributed by atoms with Crippen LogP contribution in [0.25, 0.3) is 17.4 Å². The predicted octanol–water partition coefficient (Wildman–Crippen LogP) is 4.25. The van der Waals surface area contributed by atoms with E-state index >= 15 is 4.39 Å². The number of esters is 2. The molecule has 212 valence electrons. The van der Waals surface area contributed by atoms with E-state index in [4.69, 9.17) is 29.0 Å². The van der Waals surface area contributed by atoms with Crippen molar-refractivity contribution in [3.05, 3.63) is 18.5 Å². The molecule has 0 aromatic carbocycles. The van der Waals surface area contributed by atoms with Crippen molar-refractivity contribution in [1.29, 1.82) is 0 Å². The van der Waals surface area contributed by atoms with E-state index in [2.05, 4.69) is 15.0 Å². The van der Waals surface area contributed by atoms with Crippen LogP contribution >= 0.6 is 7.60 Å². The highest BCUT2D eigenvalue weighted by Gasteiger charge is 2.32.